The van der Waals surface area contributed by atoms with E-state index in [1.165, 1.54) is 24.0 Å². The lowest BCUT2D eigenvalue weighted by Crippen LogP contribution is -2.37. The maximum atomic E-state index is 5.42. The molecule has 0 saturated heterocycles. The van der Waals surface area contributed by atoms with Crippen molar-refractivity contribution in [3.63, 3.8) is 0 Å². The first-order chi connectivity index (χ1) is 10.0. The highest BCUT2D eigenvalue weighted by molar-refractivity contribution is 7.97. The summed E-state index contributed by atoms with van der Waals surface area (Å²) in [5, 5.41) is 3.17. The average Bonchev–Trinajstić information content (AvgIpc) is 2.50. The molecule has 4 heteroatoms. The SMILES string of the molecule is C=C(OC)C(C)(NSCCCCNC)c1ccc(C)cc1. The van der Waals surface area contributed by atoms with Crippen LogP contribution in [0.1, 0.15) is 30.9 Å². The third-order valence-electron chi connectivity index (χ3n) is 3.63. The van der Waals surface area contributed by atoms with Crippen molar-refractivity contribution < 1.29 is 4.74 Å². The van der Waals surface area contributed by atoms with E-state index in [0.717, 1.165) is 18.1 Å². The van der Waals surface area contributed by atoms with E-state index in [4.69, 9.17) is 4.74 Å². The molecule has 1 aromatic rings. The summed E-state index contributed by atoms with van der Waals surface area (Å²) in [5.74, 6) is 1.80. The van der Waals surface area contributed by atoms with E-state index >= 15 is 0 Å². The molecule has 0 fully saturated rings. The van der Waals surface area contributed by atoms with Gasteiger partial charge in [0.2, 0.25) is 0 Å². The molecule has 1 rings (SSSR count). The number of benzene rings is 1. The van der Waals surface area contributed by atoms with Gasteiger partial charge in [-0.1, -0.05) is 48.4 Å². The van der Waals surface area contributed by atoms with Crippen molar-refractivity contribution in [1.82, 2.24) is 10.0 Å². The highest BCUT2D eigenvalue weighted by Gasteiger charge is 2.30. The van der Waals surface area contributed by atoms with Gasteiger partial charge in [-0.25, -0.2) is 4.72 Å². The standard InChI is InChI=1S/C17H28N2OS/c1-14-8-10-16(11-9-14)17(3,15(2)20-5)19-21-13-7-6-12-18-4/h8-11,18-19H,2,6-7,12-13H2,1,3-5H3. The minimum atomic E-state index is -0.379. The molecular formula is C17H28N2OS. The molecule has 0 aliphatic carbocycles. The zero-order chi connectivity index (χ0) is 15.7. The molecule has 0 aliphatic heterocycles. The number of aryl methyl sites for hydroxylation is 1. The normalized spacial score (nSPS) is 13.7. The van der Waals surface area contributed by atoms with Crippen molar-refractivity contribution >= 4 is 11.9 Å². The van der Waals surface area contributed by atoms with Crippen molar-refractivity contribution in [2.24, 2.45) is 0 Å². The summed E-state index contributed by atoms with van der Waals surface area (Å²) in [6.45, 7) is 9.34. The summed E-state index contributed by atoms with van der Waals surface area (Å²) in [7, 11) is 3.66. The highest BCUT2D eigenvalue weighted by Crippen LogP contribution is 2.31. The number of rotatable bonds is 10. The van der Waals surface area contributed by atoms with Crippen molar-refractivity contribution in [1.29, 1.82) is 0 Å². The molecule has 0 saturated carbocycles. The second kappa shape index (κ2) is 9.13. The molecule has 0 bridgehead atoms. The van der Waals surface area contributed by atoms with Crippen molar-refractivity contribution in [2.75, 3.05) is 26.5 Å². The molecule has 2 N–H and O–H groups in total. The van der Waals surface area contributed by atoms with E-state index in [2.05, 4.69) is 54.7 Å². The Morgan fingerprint density at radius 1 is 1.29 bits per heavy atom. The molecule has 3 nitrogen and oxygen atoms in total. The Morgan fingerprint density at radius 3 is 2.52 bits per heavy atom. The van der Waals surface area contributed by atoms with Crippen LogP contribution < -0.4 is 10.0 Å². The number of nitrogens with one attached hydrogen (secondary N) is 2. The first kappa shape index (κ1) is 18.1. The molecule has 0 radical (unpaired) electrons. The van der Waals surface area contributed by atoms with Gasteiger partial charge in [-0.3, -0.25) is 0 Å². The third kappa shape index (κ3) is 5.38. The Balaban J connectivity index is 2.66. The minimum Gasteiger partial charge on any atom is -0.499 e. The van der Waals surface area contributed by atoms with Crippen molar-refractivity contribution in [3.05, 3.63) is 47.7 Å². The first-order valence-corrected chi connectivity index (χ1v) is 8.37. The molecule has 1 unspecified atom stereocenters. The minimum absolute atomic E-state index is 0.379. The van der Waals surface area contributed by atoms with E-state index in [1.54, 1.807) is 19.1 Å². The number of hydrogen-bond acceptors (Lipinski definition) is 4. The van der Waals surface area contributed by atoms with Gasteiger partial charge in [-0.05, 0) is 45.8 Å². The van der Waals surface area contributed by atoms with Crippen LogP contribution in [0.3, 0.4) is 0 Å². The zero-order valence-electron chi connectivity index (χ0n) is 13.7. The summed E-state index contributed by atoms with van der Waals surface area (Å²) in [5.41, 5.74) is 2.04. The van der Waals surface area contributed by atoms with Crippen molar-refractivity contribution in [2.45, 2.75) is 32.2 Å². The van der Waals surface area contributed by atoms with E-state index in [-0.39, 0.29) is 5.54 Å². The number of hydrogen-bond donors (Lipinski definition) is 2. The monoisotopic (exact) mass is 308 g/mol. The summed E-state index contributed by atoms with van der Waals surface area (Å²) >= 11 is 1.73. The topological polar surface area (TPSA) is 33.3 Å². The fraction of sp³-hybridized carbons (Fsp3) is 0.529. The Labute approximate surface area is 133 Å². The van der Waals surface area contributed by atoms with E-state index in [0.29, 0.717) is 0 Å². The van der Waals surface area contributed by atoms with E-state index in [1.807, 2.05) is 7.05 Å². The van der Waals surface area contributed by atoms with Crippen LogP contribution in [0.25, 0.3) is 0 Å². The van der Waals surface area contributed by atoms with Gasteiger partial charge in [0.05, 0.1) is 7.11 Å². The largest absolute Gasteiger partial charge is 0.499 e. The Bertz CT molecular complexity index is 433. The fourth-order valence-corrected chi connectivity index (χ4v) is 3.01. The van der Waals surface area contributed by atoms with Gasteiger partial charge >= 0.3 is 0 Å². The lowest BCUT2D eigenvalue weighted by atomic mass is 9.91. The molecule has 1 atom stereocenters. The molecule has 0 heterocycles. The summed E-state index contributed by atoms with van der Waals surface area (Å²) < 4.78 is 8.95. The van der Waals surface area contributed by atoms with Gasteiger partial charge < -0.3 is 10.1 Å². The summed E-state index contributed by atoms with van der Waals surface area (Å²) in [6, 6.07) is 8.51. The molecule has 1 aromatic carbocycles. The highest BCUT2D eigenvalue weighted by atomic mass is 32.2. The van der Waals surface area contributed by atoms with Gasteiger partial charge in [0.25, 0.3) is 0 Å². The van der Waals surface area contributed by atoms with Gasteiger partial charge in [0.1, 0.15) is 11.3 Å². The third-order valence-corrected chi connectivity index (χ3v) is 4.68. The Morgan fingerprint density at radius 2 is 1.95 bits per heavy atom. The molecule has 0 aliphatic rings. The number of methoxy groups -OCH3 is 1. The van der Waals surface area contributed by atoms with Crippen LogP contribution in [-0.2, 0) is 10.3 Å². The lowest BCUT2D eigenvalue weighted by molar-refractivity contribution is 0.224. The van der Waals surface area contributed by atoms with Crippen LogP contribution in [0.15, 0.2) is 36.6 Å². The van der Waals surface area contributed by atoms with Crippen LogP contribution >= 0.6 is 11.9 Å². The summed E-state index contributed by atoms with van der Waals surface area (Å²) in [6.07, 6.45) is 2.37. The predicted molar refractivity (Wildman–Crippen MR) is 93.4 cm³/mol. The molecule has 0 aromatic heterocycles. The van der Waals surface area contributed by atoms with Crippen LogP contribution in [0.5, 0.6) is 0 Å². The molecule has 118 valence electrons. The van der Waals surface area contributed by atoms with Crippen LogP contribution in [0, 0.1) is 6.92 Å². The second-order valence-corrected chi connectivity index (χ2v) is 6.28. The second-order valence-electron chi connectivity index (χ2n) is 5.38. The van der Waals surface area contributed by atoms with Crippen LogP contribution in [0.4, 0.5) is 0 Å². The van der Waals surface area contributed by atoms with E-state index in [9.17, 15) is 0 Å². The fourth-order valence-electron chi connectivity index (χ4n) is 2.04. The zero-order valence-corrected chi connectivity index (χ0v) is 14.5. The van der Waals surface area contributed by atoms with Crippen LogP contribution in [0.2, 0.25) is 0 Å². The Kier molecular flexibility index (Phi) is 7.86. The Hall–Kier alpha value is -0.970. The average molecular weight is 308 g/mol. The van der Waals surface area contributed by atoms with Gasteiger partial charge in [0.15, 0.2) is 0 Å². The predicted octanol–water partition coefficient (Wildman–Crippen LogP) is 3.61. The molecule has 0 amide bonds. The first-order valence-electron chi connectivity index (χ1n) is 7.38. The van der Waals surface area contributed by atoms with Crippen LogP contribution in [-0.4, -0.2) is 26.5 Å². The van der Waals surface area contributed by atoms with Gasteiger partial charge in [-0.2, -0.15) is 0 Å². The van der Waals surface area contributed by atoms with Crippen molar-refractivity contribution in [3.8, 4) is 0 Å². The smallest absolute Gasteiger partial charge is 0.113 e. The molecular weight excluding hydrogens is 280 g/mol. The van der Waals surface area contributed by atoms with E-state index < -0.39 is 0 Å². The van der Waals surface area contributed by atoms with Gasteiger partial charge in [0, 0.05) is 5.75 Å². The summed E-state index contributed by atoms with van der Waals surface area (Å²) in [4.78, 5) is 0. The molecule has 21 heavy (non-hydrogen) atoms. The number of ether oxygens (including phenoxy) is 1. The number of unbranched alkanes of at least 4 members (excludes halogenated alkanes) is 1. The maximum Gasteiger partial charge on any atom is 0.113 e. The van der Waals surface area contributed by atoms with Gasteiger partial charge in [-0.15, -0.1) is 0 Å². The lowest BCUT2D eigenvalue weighted by Gasteiger charge is -2.32. The maximum absolute atomic E-state index is 5.42. The quantitative estimate of drug-likeness (QED) is 0.393. The molecule has 0 spiro atoms.